The Hall–Kier alpha value is -1.56. The van der Waals surface area contributed by atoms with Crippen LogP contribution in [0.3, 0.4) is 0 Å². The van der Waals surface area contributed by atoms with Crippen LogP contribution in [0.1, 0.15) is 0 Å². The van der Waals surface area contributed by atoms with Crippen molar-refractivity contribution in [3.63, 3.8) is 0 Å². The molecule has 0 unspecified atom stereocenters. The van der Waals surface area contributed by atoms with Crippen molar-refractivity contribution in [2.45, 2.75) is 0 Å². The number of rotatable bonds is 3. The van der Waals surface area contributed by atoms with E-state index in [4.69, 9.17) is 27.9 Å². The molecule has 1 aromatic carbocycles. The number of morpholine rings is 1. The van der Waals surface area contributed by atoms with Crippen LogP contribution in [0.15, 0.2) is 30.3 Å². The number of aromatic nitrogens is 2. The second-order valence-corrected chi connectivity index (χ2v) is 5.39. The molecule has 1 saturated heterocycles. The Kier molecular flexibility index (Phi) is 4.43. The molecule has 3 rings (SSSR count). The average Bonchev–Trinajstić information content (AvgIpc) is 2.53. The average molecular weight is 325 g/mol. The minimum Gasteiger partial charge on any atom is -0.378 e. The van der Waals surface area contributed by atoms with Gasteiger partial charge in [0.15, 0.2) is 10.3 Å². The maximum atomic E-state index is 5.98. The summed E-state index contributed by atoms with van der Waals surface area (Å²) in [7, 11) is 0. The number of halogens is 2. The lowest BCUT2D eigenvalue weighted by Crippen LogP contribution is -2.36. The molecule has 1 aliphatic heterocycles. The number of nitrogens with zero attached hydrogens (tertiary/aromatic N) is 3. The molecule has 2 heterocycles. The van der Waals surface area contributed by atoms with Gasteiger partial charge in [0.1, 0.15) is 0 Å². The van der Waals surface area contributed by atoms with Crippen LogP contribution in [0, 0.1) is 0 Å². The summed E-state index contributed by atoms with van der Waals surface area (Å²) >= 11 is 11.8. The molecule has 1 N–H and O–H groups in total. The molecule has 0 saturated carbocycles. The maximum Gasteiger partial charge on any atom is 0.175 e. The van der Waals surface area contributed by atoms with Gasteiger partial charge in [-0.05, 0) is 24.3 Å². The molecule has 21 heavy (non-hydrogen) atoms. The molecule has 5 nitrogen and oxygen atoms in total. The molecule has 2 aromatic rings. The maximum absolute atomic E-state index is 5.98. The largest absolute Gasteiger partial charge is 0.378 e. The van der Waals surface area contributed by atoms with E-state index < -0.39 is 0 Å². The van der Waals surface area contributed by atoms with E-state index in [1.54, 1.807) is 6.07 Å². The van der Waals surface area contributed by atoms with E-state index in [9.17, 15) is 0 Å². The van der Waals surface area contributed by atoms with Crippen LogP contribution in [0.25, 0.3) is 0 Å². The van der Waals surface area contributed by atoms with E-state index in [1.807, 2.05) is 12.1 Å². The first-order chi connectivity index (χ1) is 10.2. The summed E-state index contributed by atoms with van der Waals surface area (Å²) in [6.07, 6.45) is 0. The van der Waals surface area contributed by atoms with E-state index in [1.165, 1.54) is 5.69 Å². The summed E-state index contributed by atoms with van der Waals surface area (Å²) in [6, 6.07) is 9.77. The molecule has 1 aromatic heterocycles. The van der Waals surface area contributed by atoms with Crippen LogP contribution in [0.2, 0.25) is 10.3 Å². The molecule has 0 aliphatic carbocycles. The molecule has 1 aliphatic rings. The number of benzene rings is 1. The molecule has 7 heteroatoms. The van der Waals surface area contributed by atoms with E-state index >= 15 is 0 Å². The number of anilines is 3. The Bertz CT molecular complexity index is 615. The first-order valence-electron chi connectivity index (χ1n) is 6.61. The fraction of sp³-hybridized carbons (Fsp3) is 0.286. The van der Waals surface area contributed by atoms with Crippen molar-refractivity contribution in [2.75, 3.05) is 36.5 Å². The molecule has 0 atom stereocenters. The number of hydrogen-bond donors (Lipinski definition) is 1. The Balaban J connectivity index is 1.73. The Morgan fingerprint density at radius 3 is 2.48 bits per heavy atom. The van der Waals surface area contributed by atoms with E-state index in [0.29, 0.717) is 10.8 Å². The predicted octanol–water partition coefficient (Wildman–Crippen LogP) is 3.36. The molecular formula is C14H14Cl2N4O. The van der Waals surface area contributed by atoms with Gasteiger partial charge in [0.05, 0.1) is 18.9 Å². The first-order valence-corrected chi connectivity index (χ1v) is 7.36. The highest BCUT2D eigenvalue weighted by atomic mass is 35.5. The summed E-state index contributed by atoms with van der Waals surface area (Å²) in [5, 5.41) is 11.2. The minimum absolute atomic E-state index is 0.289. The zero-order valence-electron chi connectivity index (χ0n) is 11.2. The zero-order valence-corrected chi connectivity index (χ0v) is 12.7. The van der Waals surface area contributed by atoms with Crippen LogP contribution >= 0.6 is 23.2 Å². The van der Waals surface area contributed by atoms with Gasteiger partial charge in [-0.2, -0.15) is 0 Å². The van der Waals surface area contributed by atoms with Crippen molar-refractivity contribution in [3.05, 3.63) is 40.6 Å². The smallest absolute Gasteiger partial charge is 0.175 e. The van der Waals surface area contributed by atoms with Crippen LogP contribution in [-0.4, -0.2) is 36.5 Å². The van der Waals surface area contributed by atoms with Gasteiger partial charge in [-0.15, -0.1) is 10.2 Å². The van der Waals surface area contributed by atoms with Crippen molar-refractivity contribution in [3.8, 4) is 0 Å². The fourth-order valence-corrected chi connectivity index (χ4v) is 2.46. The van der Waals surface area contributed by atoms with Crippen molar-refractivity contribution < 1.29 is 4.74 Å². The zero-order chi connectivity index (χ0) is 14.7. The number of nitrogens with one attached hydrogen (secondary N) is 1. The molecular weight excluding hydrogens is 311 g/mol. The number of ether oxygens (including phenoxy) is 1. The summed E-state index contributed by atoms with van der Waals surface area (Å²) in [6.45, 7) is 3.39. The highest BCUT2D eigenvalue weighted by Crippen LogP contribution is 2.26. The normalized spacial score (nSPS) is 15.0. The Morgan fingerprint density at radius 1 is 1.05 bits per heavy atom. The van der Waals surface area contributed by atoms with Gasteiger partial charge in [-0.3, -0.25) is 0 Å². The quantitative estimate of drug-likeness (QED) is 0.938. The molecule has 0 bridgehead atoms. The van der Waals surface area contributed by atoms with Crippen molar-refractivity contribution in [1.29, 1.82) is 0 Å². The third-order valence-electron chi connectivity index (χ3n) is 3.24. The van der Waals surface area contributed by atoms with Gasteiger partial charge in [0, 0.05) is 30.5 Å². The monoisotopic (exact) mass is 324 g/mol. The second kappa shape index (κ2) is 6.47. The standard InChI is InChI=1S/C14H14Cl2N4O/c15-13-9-12(14(16)19-18-13)17-10-1-3-11(4-2-10)20-5-7-21-8-6-20/h1-4,9H,5-8H2,(H,17,18). The lowest BCUT2D eigenvalue weighted by atomic mass is 10.2. The van der Waals surface area contributed by atoms with Crippen LogP contribution in [0.4, 0.5) is 17.1 Å². The molecule has 0 radical (unpaired) electrons. The van der Waals surface area contributed by atoms with E-state index in [-0.39, 0.29) is 5.15 Å². The topological polar surface area (TPSA) is 50.3 Å². The highest BCUT2D eigenvalue weighted by Gasteiger charge is 2.11. The van der Waals surface area contributed by atoms with Gasteiger partial charge >= 0.3 is 0 Å². The van der Waals surface area contributed by atoms with Crippen LogP contribution in [0.5, 0.6) is 0 Å². The first kappa shape index (κ1) is 14.4. The molecule has 0 spiro atoms. The Labute approximate surface area is 132 Å². The third-order valence-corrected chi connectivity index (χ3v) is 3.71. The lowest BCUT2D eigenvalue weighted by Gasteiger charge is -2.28. The second-order valence-electron chi connectivity index (χ2n) is 4.64. The summed E-state index contributed by atoms with van der Waals surface area (Å²) in [4.78, 5) is 2.30. The third kappa shape index (κ3) is 3.56. The van der Waals surface area contributed by atoms with Gasteiger partial charge < -0.3 is 15.0 Å². The predicted molar refractivity (Wildman–Crippen MR) is 84.8 cm³/mol. The van der Waals surface area contributed by atoms with Gasteiger partial charge in [-0.1, -0.05) is 23.2 Å². The van der Waals surface area contributed by atoms with Crippen LogP contribution in [-0.2, 0) is 4.74 Å². The summed E-state index contributed by atoms with van der Waals surface area (Å²) < 4.78 is 5.35. The Morgan fingerprint density at radius 2 is 1.76 bits per heavy atom. The molecule has 1 fully saturated rings. The summed E-state index contributed by atoms with van der Waals surface area (Å²) in [5.74, 6) is 0. The fourth-order valence-electron chi connectivity index (χ4n) is 2.17. The van der Waals surface area contributed by atoms with Crippen molar-refractivity contribution in [1.82, 2.24) is 10.2 Å². The van der Waals surface area contributed by atoms with Gasteiger partial charge in [0.25, 0.3) is 0 Å². The number of hydrogen-bond acceptors (Lipinski definition) is 5. The van der Waals surface area contributed by atoms with Crippen molar-refractivity contribution in [2.24, 2.45) is 0 Å². The highest BCUT2D eigenvalue weighted by molar-refractivity contribution is 6.33. The molecule has 110 valence electrons. The molecule has 0 amide bonds. The van der Waals surface area contributed by atoms with Gasteiger partial charge in [-0.25, -0.2) is 0 Å². The minimum atomic E-state index is 0.289. The van der Waals surface area contributed by atoms with Crippen LogP contribution < -0.4 is 10.2 Å². The lowest BCUT2D eigenvalue weighted by molar-refractivity contribution is 0.122. The van der Waals surface area contributed by atoms with E-state index in [2.05, 4.69) is 32.5 Å². The van der Waals surface area contributed by atoms with Crippen molar-refractivity contribution >= 4 is 40.3 Å². The summed E-state index contributed by atoms with van der Waals surface area (Å²) in [5.41, 5.74) is 2.73. The van der Waals surface area contributed by atoms with E-state index in [0.717, 1.165) is 32.0 Å². The SMILES string of the molecule is Clc1cc(Nc2ccc(N3CCOCC3)cc2)c(Cl)nn1. The van der Waals surface area contributed by atoms with Gasteiger partial charge in [0.2, 0.25) is 0 Å².